The second-order valence-electron chi connectivity index (χ2n) is 3.11. The van der Waals surface area contributed by atoms with Crippen molar-refractivity contribution in [2.75, 3.05) is 0 Å². The van der Waals surface area contributed by atoms with Gasteiger partial charge in [-0.1, -0.05) is 18.2 Å². The van der Waals surface area contributed by atoms with E-state index in [4.69, 9.17) is 0 Å². The van der Waals surface area contributed by atoms with Crippen LogP contribution in [0.5, 0.6) is 5.88 Å². The number of aromatic nitrogens is 2. The summed E-state index contributed by atoms with van der Waals surface area (Å²) in [6.45, 7) is 0. The normalized spacial score (nSPS) is 11.7. The van der Waals surface area contributed by atoms with Crippen molar-refractivity contribution < 1.29 is 18.3 Å². The number of imidazole rings is 1. The third-order valence-electron chi connectivity index (χ3n) is 2.01. The van der Waals surface area contributed by atoms with Crippen LogP contribution in [-0.2, 0) is 6.18 Å². The molecule has 0 saturated heterocycles. The Morgan fingerprint density at radius 1 is 1.12 bits per heavy atom. The van der Waals surface area contributed by atoms with Crippen LogP contribution in [0.1, 0.15) is 5.82 Å². The summed E-state index contributed by atoms with van der Waals surface area (Å²) < 4.78 is 38.3. The van der Waals surface area contributed by atoms with E-state index in [1.54, 1.807) is 18.2 Å². The molecular weight excluding hydrogens is 221 g/mol. The van der Waals surface area contributed by atoms with Gasteiger partial charge in [0.2, 0.25) is 11.7 Å². The zero-order valence-electron chi connectivity index (χ0n) is 7.94. The highest BCUT2D eigenvalue weighted by Crippen LogP contribution is 2.32. The quantitative estimate of drug-likeness (QED) is 0.814. The van der Waals surface area contributed by atoms with Crippen LogP contribution in [-0.4, -0.2) is 14.7 Å². The number of hydrogen-bond acceptors (Lipinski definition) is 2. The number of benzene rings is 1. The number of rotatable bonds is 1. The second kappa shape index (κ2) is 3.55. The molecule has 1 heterocycles. The lowest BCUT2D eigenvalue weighted by Gasteiger charge is -2.10. The summed E-state index contributed by atoms with van der Waals surface area (Å²) in [5, 5.41) is 9.35. The zero-order chi connectivity index (χ0) is 11.8. The summed E-state index contributed by atoms with van der Waals surface area (Å²) in [5.41, 5.74) is 0.213. The average Bonchev–Trinajstić information content (AvgIpc) is 2.61. The molecule has 3 nitrogen and oxygen atoms in total. The fourth-order valence-electron chi connectivity index (χ4n) is 1.37. The highest BCUT2D eigenvalue weighted by molar-refractivity contribution is 5.37. The Hall–Kier alpha value is -1.98. The third-order valence-corrected chi connectivity index (χ3v) is 2.01. The van der Waals surface area contributed by atoms with E-state index < -0.39 is 17.9 Å². The minimum atomic E-state index is -4.60. The minimum Gasteiger partial charge on any atom is -0.493 e. The molecule has 2 aromatic rings. The standard InChI is InChI=1S/C10H7F3N2O/c11-10(12,13)9-14-6-8(16)15(9)7-4-2-1-3-5-7/h1-6,16H. The molecule has 0 bridgehead atoms. The molecule has 0 aliphatic heterocycles. The molecule has 0 saturated carbocycles. The van der Waals surface area contributed by atoms with E-state index in [9.17, 15) is 18.3 Å². The minimum absolute atomic E-state index is 0.213. The van der Waals surface area contributed by atoms with E-state index in [1.807, 2.05) is 0 Å². The van der Waals surface area contributed by atoms with Crippen molar-refractivity contribution in [1.29, 1.82) is 0 Å². The van der Waals surface area contributed by atoms with Gasteiger partial charge in [0.05, 0.1) is 11.9 Å². The topological polar surface area (TPSA) is 38.1 Å². The summed E-state index contributed by atoms with van der Waals surface area (Å²) in [6, 6.07) is 7.74. The summed E-state index contributed by atoms with van der Waals surface area (Å²) in [4.78, 5) is 3.15. The van der Waals surface area contributed by atoms with Crippen LogP contribution in [0.2, 0.25) is 0 Å². The first-order valence-electron chi connectivity index (χ1n) is 4.39. The summed E-state index contributed by atoms with van der Waals surface area (Å²) in [6.07, 6.45) is -3.83. The van der Waals surface area contributed by atoms with Gasteiger partial charge in [0.15, 0.2) is 0 Å². The van der Waals surface area contributed by atoms with Crippen LogP contribution in [0.15, 0.2) is 36.5 Å². The molecule has 0 amide bonds. The molecule has 16 heavy (non-hydrogen) atoms. The van der Waals surface area contributed by atoms with Crippen LogP contribution in [0.3, 0.4) is 0 Å². The van der Waals surface area contributed by atoms with E-state index >= 15 is 0 Å². The Labute approximate surface area is 88.8 Å². The third kappa shape index (κ3) is 1.73. The van der Waals surface area contributed by atoms with Crippen molar-refractivity contribution in [3.8, 4) is 11.6 Å². The molecule has 84 valence electrons. The molecule has 1 aromatic heterocycles. The van der Waals surface area contributed by atoms with Crippen LogP contribution in [0.25, 0.3) is 5.69 Å². The van der Waals surface area contributed by atoms with Gasteiger partial charge in [0, 0.05) is 0 Å². The predicted octanol–water partition coefficient (Wildman–Crippen LogP) is 2.60. The molecule has 0 aliphatic carbocycles. The maximum atomic E-state index is 12.6. The second-order valence-corrected chi connectivity index (χ2v) is 3.11. The highest BCUT2D eigenvalue weighted by Gasteiger charge is 2.37. The SMILES string of the molecule is Oc1cnc(C(F)(F)F)n1-c1ccccc1. The van der Waals surface area contributed by atoms with Crippen LogP contribution in [0.4, 0.5) is 13.2 Å². The number of alkyl halides is 3. The molecule has 0 radical (unpaired) electrons. The fourth-order valence-corrected chi connectivity index (χ4v) is 1.37. The van der Waals surface area contributed by atoms with Crippen molar-refractivity contribution in [2.24, 2.45) is 0 Å². The number of halogens is 3. The lowest BCUT2D eigenvalue weighted by molar-refractivity contribution is -0.146. The molecular formula is C10H7F3N2O. The number of aromatic hydroxyl groups is 1. The van der Waals surface area contributed by atoms with Crippen molar-refractivity contribution >= 4 is 0 Å². The molecule has 0 atom stereocenters. The van der Waals surface area contributed by atoms with Crippen molar-refractivity contribution in [2.45, 2.75) is 6.18 Å². The molecule has 1 N–H and O–H groups in total. The number of nitrogens with zero attached hydrogens (tertiary/aromatic N) is 2. The van der Waals surface area contributed by atoms with Gasteiger partial charge in [-0.05, 0) is 12.1 Å². The van der Waals surface area contributed by atoms with Gasteiger partial charge in [-0.3, -0.25) is 4.57 Å². The largest absolute Gasteiger partial charge is 0.493 e. The molecule has 1 aromatic carbocycles. The summed E-state index contributed by atoms with van der Waals surface area (Å²) in [7, 11) is 0. The van der Waals surface area contributed by atoms with Gasteiger partial charge in [-0.15, -0.1) is 0 Å². The van der Waals surface area contributed by atoms with E-state index in [2.05, 4.69) is 4.98 Å². The first-order valence-corrected chi connectivity index (χ1v) is 4.39. The predicted molar refractivity (Wildman–Crippen MR) is 50.2 cm³/mol. The molecule has 0 spiro atoms. The van der Waals surface area contributed by atoms with E-state index in [0.717, 1.165) is 6.20 Å². The summed E-state index contributed by atoms with van der Waals surface area (Å²) in [5.74, 6) is -1.69. The molecule has 0 aliphatic rings. The first kappa shape index (κ1) is 10.5. The van der Waals surface area contributed by atoms with Crippen LogP contribution >= 0.6 is 0 Å². The van der Waals surface area contributed by atoms with E-state index in [-0.39, 0.29) is 5.69 Å². The van der Waals surface area contributed by atoms with Gasteiger partial charge in [-0.25, -0.2) is 4.98 Å². The van der Waals surface area contributed by atoms with Crippen molar-refractivity contribution in [3.05, 3.63) is 42.4 Å². The molecule has 0 unspecified atom stereocenters. The molecule has 2 rings (SSSR count). The van der Waals surface area contributed by atoms with Crippen molar-refractivity contribution in [1.82, 2.24) is 9.55 Å². The first-order chi connectivity index (χ1) is 7.50. The van der Waals surface area contributed by atoms with Crippen molar-refractivity contribution in [3.63, 3.8) is 0 Å². The Morgan fingerprint density at radius 3 is 2.31 bits per heavy atom. The van der Waals surface area contributed by atoms with Crippen LogP contribution in [0, 0.1) is 0 Å². The maximum Gasteiger partial charge on any atom is 0.450 e. The summed E-state index contributed by atoms with van der Waals surface area (Å²) >= 11 is 0. The maximum absolute atomic E-state index is 12.6. The lowest BCUT2D eigenvalue weighted by Crippen LogP contribution is -2.13. The van der Waals surface area contributed by atoms with Gasteiger partial charge in [-0.2, -0.15) is 13.2 Å². The Morgan fingerprint density at radius 2 is 1.75 bits per heavy atom. The highest BCUT2D eigenvalue weighted by atomic mass is 19.4. The smallest absolute Gasteiger partial charge is 0.450 e. The number of hydrogen-bond donors (Lipinski definition) is 1. The van der Waals surface area contributed by atoms with Crippen LogP contribution < -0.4 is 0 Å². The fraction of sp³-hybridized carbons (Fsp3) is 0.100. The van der Waals surface area contributed by atoms with Gasteiger partial charge in [0.1, 0.15) is 0 Å². The van der Waals surface area contributed by atoms with Gasteiger partial charge >= 0.3 is 6.18 Å². The Balaban J connectivity index is 2.61. The van der Waals surface area contributed by atoms with E-state index in [1.165, 1.54) is 12.1 Å². The van der Waals surface area contributed by atoms with E-state index in [0.29, 0.717) is 4.57 Å². The monoisotopic (exact) mass is 228 g/mol. The molecule has 6 heteroatoms. The zero-order valence-corrected chi connectivity index (χ0v) is 7.94. The molecule has 0 fully saturated rings. The van der Waals surface area contributed by atoms with Gasteiger partial charge < -0.3 is 5.11 Å². The Kier molecular flexibility index (Phi) is 2.34. The van der Waals surface area contributed by atoms with Gasteiger partial charge in [0.25, 0.3) is 0 Å². The Bertz CT molecular complexity index is 491. The number of para-hydroxylation sites is 1. The lowest BCUT2D eigenvalue weighted by atomic mass is 10.3. The average molecular weight is 228 g/mol.